The lowest BCUT2D eigenvalue weighted by Crippen LogP contribution is -2.27. The molecule has 1 heterocycles. The lowest BCUT2D eigenvalue weighted by atomic mass is 9.89. The van der Waals surface area contributed by atoms with E-state index in [1.54, 1.807) is 0 Å². The van der Waals surface area contributed by atoms with Crippen LogP contribution in [0, 0.1) is 5.92 Å². The number of hydrogen-bond acceptors (Lipinski definition) is 3. The van der Waals surface area contributed by atoms with Crippen LogP contribution in [-0.2, 0) is 0 Å². The van der Waals surface area contributed by atoms with Crippen LogP contribution >= 0.6 is 27.5 Å². The summed E-state index contributed by atoms with van der Waals surface area (Å²) >= 11 is 9.50. The van der Waals surface area contributed by atoms with Crippen molar-refractivity contribution in [3.8, 4) is 0 Å². The fraction of sp³-hybridized carbons (Fsp3) is 0.636. The molecule has 17 heavy (non-hydrogen) atoms. The number of nitrogens with one attached hydrogen (secondary N) is 2. The van der Waals surface area contributed by atoms with Gasteiger partial charge in [-0.3, -0.25) is 4.79 Å². The second-order valence-electron chi connectivity index (χ2n) is 4.34. The van der Waals surface area contributed by atoms with E-state index in [4.69, 9.17) is 11.6 Å². The summed E-state index contributed by atoms with van der Waals surface area (Å²) in [6.07, 6.45) is 6.07. The van der Waals surface area contributed by atoms with Gasteiger partial charge in [-0.2, -0.15) is 0 Å². The van der Waals surface area contributed by atoms with Gasteiger partial charge in [-0.05, 0) is 34.7 Å². The standard InChI is InChI=1S/C11H15BrClN3O/c12-9-10(15-6-16-11(9)17)14-5-7-3-1-2-4-8(7)13/h6-8H,1-5H2,(H2,14,15,16,17). The van der Waals surface area contributed by atoms with E-state index in [0.717, 1.165) is 19.4 Å². The minimum absolute atomic E-state index is 0.173. The zero-order valence-electron chi connectivity index (χ0n) is 9.38. The third-order valence-electron chi connectivity index (χ3n) is 3.14. The van der Waals surface area contributed by atoms with E-state index in [9.17, 15) is 4.79 Å². The molecular formula is C11H15BrClN3O. The lowest BCUT2D eigenvalue weighted by Gasteiger charge is -2.27. The monoisotopic (exact) mass is 319 g/mol. The number of nitrogens with zero attached hydrogens (tertiary/aromatic N) is 1. The van der Waals surface area contributed by atoms with E-state index in [0.29, 0.717) is 16.2 Å². The molecule has 1 saturated carbocycles. The zero-order valence-corrected chi connectivity index (χ0v) is 11.7. The molecule has 1 fully saturated rings. The molecular weight excluding hydrogens is 305 g/mol. The normalized spacial score (nSPS) is 24.6. The van der Waals surface area contributed by atoms with Crippen molar-refractivity contribution >= 4 is 33.3 Å². The minimum atomic E-state index is -0.173. The molecule has 94 valence electrons. The Labute approximate surface area is 113 Å². The highest BCUT2D eigenvalue weighted by atomic mass is 79.9. The molecule has 1 aromatic heterocycles. The third-order valence-corrected chi connectivity index (χ3v) is 4.45. The first kappa shape index (κ1) is 12.9. The van der Waals surface area contributed by atoms with Crippen LogP contribution < -0.4 is 10.9 Å². The van der Waals surface area contributed by atoms with E-state index >= 15 is 0 Å². The van der Waals surface area contributed by atoms with Gasteiger partial charge in [0.25, 0.3) is 5.56 Å². The molecule has 6 heteroatoms. The summed E-state index contributed by atoms with van der Waals surface area (Å²) in [5.74, 6) is 1.04. The Balaban J connectivity index is 1.97. The Hall–Kier alpha value is -0.550. The molecule has 0 spiro atoms. The SMILES string of the molecule is O=c1[nH]cnc(NCC2CCCCC2Cl)c1Br. The van der Waals surface area contributed by atoms with Crippen LogP contribution in [0.5, 0.6) is 0 Å². The van der Waals surface area contributed by atoms with Gasteiger partial charge >= 0.3 is 0 Å². The van der Waals surface area contributed by atoms with Gasteiger partial charge < -0.3 is 10.3 Å². The molecule has 1 aliphatic carbocycles. The number of rotatable bonds is 3. The Kier molecular flexibility index (Phi) is 4.45. The maximum absolute atomic E-state index is 11.3. The van der Waals surface area contributed by atoms with Gasteiger partial charge in [0.05, 0.1) is 6.33 Å². The maximum atomic E-state index is 11.3. The van der Waals surface area contributed by atoms with Crippen molar-refractivity contribution in [2.45, 2.75) is 31.1 Å². The number of aromatic amines is 1. The molecule has 0 radical (unpaired) electrons. The summed E-state index contributed by atoms with van der Waals surface area (Å²) in [6, 6.07) is 0. The van der Waals surface area contributed by atoms with Gasteiger partial charge in [0, 0.05) is 11.9 Å². The zero-order chi connectivity index (χ0) is 12.3. The topological polar surface area (TPSA) is 57.8 Å². The molecule has 1 aromatic rings. The fourth-order valence-corrected chi connectivity index (χ4v) is 2.85. The molecule has 1 aliphatic rings. The summed E-state index contributed by atoms with van der Waals surface area (Å²) in [6.45, 7) is 0.767. The van der Waals surface area contributed by atoms with Crippen molar-refractivity contribution in [1.29, 1.82) is 0 Å². The van der Waals surface area contributed by atoms with Crippen LogP contribution in [0.3, 0.4) is 0 Å². The predicted molar refractivity (Wildman–Crippen MR) is 72.6 cm³/mol. The van der Waals surface area contributed by atoms with Gasteiger partial charge in [0.2, 0.25) is 0 Å². The number of halogens is 2. The molecule has 0 saturated heterocycles. The number of H-pyrrole nitrogens is 1. The first-order valence-corrected chi connectivity index (χ1v) is 7.02. The molecule has 2 rings (SSSR count). The molecule has 0 aromatic carbocycles. The average Bonchev–Trinajstić information content (AvgIpc) is 2.33. The van der Waals surface area contributed by atoms with E-state index in [1.165, 1.54) is 19.2 Å². The Morgan fingerprint density at radius 3 is 3.06 bits per heavy atom. The van der Waals surface area contributed by atoms with Crippen molar-refractivity contribution in [2.75, 3.05) is 11.9 Å². The van der Waals surface area contributed by atoms with E-state index in [-0.39, 0.29) is 10.9 Å². The molecule has 0 amide bonds. The van der Waals surface area contributed by atoms with Crippen molar-refractivity contribution in [1.82, 2.24) is 9.97 Å². The van der Waals surface area contributed by atoms with Crippen LogP contribution in [0.25, 0.3) is 0 Å². The Morgan fingerprint density at radius 1 is 1.53 bits per heavy atom. The molecule has 2 N–H and O–H groups in total. The van der Waals surface area contributed by atoms with Crippen LogP contribution in [0.2, 0.25) is 0 Å². The van der Waals surface area contributed by atoms with E-state index in [1.807, 2.05) is 0 Å². The Morgan fingerprint density at radius 2 is 2.29 bits per heavy atom. The summed E-state index contributed by atoms with van der Waals surface area (Å²) in [4.78, 5) is 17.9. The first-order valence-electron chi connectivity index (χ1n) is 5.79. The largest absolute Gasteiger partial charge is 0.369 e. The Bertz CT molecular complexity index is 437. The lowest BCUT2D eigenvalue weighted by molar-refractivity contribution is 0.380. The highest BCUT2D eigenvalue weighted by molar-refractivity contribution is 9.10. The van der Waals surface area contributed by atoms with Gasteiger partial charge in [0.15, 0.2) is 0 Å². The fourth-order valence-electron chi connectivity index (χ4n) is 2.13. The van der Waals surface area contributed by atoms with Crippen molar-refractivity contribution in [2.24, 2.45) is 5.92 Å². The highest BCUT2D eigenvalue weighted by Gasteiger charge is 2.23. The van der Waals surface area contributed by atoms with Crippen molar-refractivity contribution in [3.05, 3.63) is 21.2 Å². The smallest absolute Gasteiger partial charge is 0.267 e. The highest BCUT2D eigenvalue weighted by Crippen LogP contribution is 2.29. The van der Waals surface area contributed by atoms with Gasteiger partial charge in [-0.15, -0.1) is 11.6 Å². The molecule has 0 aliphatic heterocycles. The molecule has 0 bridgehead atoms. The van der Waals surface area contributed by atoms with Crippen LogP contribution in [0.4, 0.5) is 5.82 Å². The molecule has 4 nitrogen and oxygen atoms in total. The summed E-state index contributed by atoms with van der Waals surface area (Å²) in [5, 5.41) is 3.42. The van der Waals surface area contributed by atoms with E-state index in [2.05, 4.69) is 31.2 Å². The number of anilines is 1. The van der Waals surface area contributed by atoms with Gasteiger partial charge in [0.1, 0.15) is 10.3 Å². The number of alkyl halides is 1. The maximum Gasteiger partial charge on any atom is 0.267 e. The molecule has 2 atom stereocenters. The summed E-state index contributed by atoms with van der Waals surface area (Å²) in [5.41, 5.74) is -0.173. The van der Waals surface area contributed by atoms with Crippen molar-refractivity contribution in [3.63, 3.8) is 0 Å². The van der Waals surface area contributed by atoms with Crippen LogP contribution in [-0.4, -0.2) is 21.9 Å². The second-order valence-corrected chi connectivity index (χ2v) is 5.69. The van der Waals surface area contributed by atoms with Gasteiger partial charge in [-0.1, -0.05) is 12.8 Å². The first-order chi connectivity index (χ1) is 8.18. The minimum Gasteiger partial charge on any atom is -0.369 e. The summed E-state index contributed by atoms with van der Waals surface area (Å²) < 4.78 is 0.446. The third kappa shape index (κ3) is 3.22. The predicted octanol–water partition coefficient (Wildman–Crippen LogP) is 2.74. The number of aromatic nitrogens is 2. The molecule has 2 unspecified atom stereocenters. The van der Waals surface area contributed by atoms with Gasteiger partial charge in [-0.25, -0.2) is 4.98 Å². The van der Waals surface area contributed by atoms with Crippen molar-refractivity contribution < 1.29 is 0 Å². The second kappa shape index (κ2) is 5.87. The quantitative estimate of drug-likeness (QED) is 0.842. The van der Waals surface area contributed by atoms with E-state index < -0.39 is 0 Å². The summed E-state index contributed by atoms with van der Waals surface area (Å²) in [7, 11) is 0. The number of hydrogen-bond donors (Lipinski definition) is 2. The average molecular weight is 321 g/mol. The van der Waals surface area contributed by atoms with Crippen LogP contribution in [0.1, 0.15) is 25.7 Å². The van der Waals surface area contributed by atoms with Crippen LogP contribution in [0.15, 0.2) is 15.6 Å².